The molecule has 1 aromatic rings. The molecule has 0 aromatic carbocycles. The van der Waals surface area contributed by atoms with Crippen LogP contribution in [-0.2, 0) is 11.3 Å². The van der Waals surface area contributed by atoms with Crippen molar-refractivity contribution < 1.29 is 4.74 Å². The smallest absolute Gasteiger partial charge is 0.0575 e. The Morgan fingerprint density at radius 1 is 1.29 bits per heavy atom. The highest BCUT2D eigenvalue weighted by Gasteiger charge is 2.12. The lowest BCUT2D eigenvalue weighted by molar-refractivity contribution is 0.0273. The highest BCUT2D eigenvalue weighted by atomic mass is 16.5. The van der Waals surface area contributed by atoms with Crippen molar-refractivity contribution >= 4 is 0 Å². The van der Waals surface area contributed by atoms with E-state index in [4.69, 9.17) is 4.74 Å². The van der Waals surface area contributed by atoms with E-state index in [1.165, 1.54) is 37.7 Å². The zero-order chi connectivity index (χ0) is 11.8. The Hall–Kier alpha value is -0.800. The molecule has 17 heavy (non-hydrogen) atoms. The summed E-state index contributed by atoms with van der Waals surface area (Å²) in [5, 5.41) is 3.43. The number of H-pyrrole nitrogens is 1. The zero-order valence-corrected chi connectivity index (χ0v) is 10.6. The molecule has 0 saturated heterocycles. The van der Waals surface area contributed by atoms with Gasteiger partial charge in [-0.15, -0.1) is 0 Å². The van der Waals surface area contributed by atoms with Crippen LogP contribution in [0.15, 0.2) is 18.5 Å². The highest BCUT2D eigenvalue weighted by molar-refractivity contribution is 5.07. The summed E-state index contributed by atoms with van der Waals surface area (Å²) >= 11 is 0. The highest BCUT2D eigenvalue weighted by Crippen LogP contribution is 2.20. The quantitative estimate of drug-likeness (QED) is 0.714. The Morgan fingerprint density at radius 3 is 2.94 bits per heavy atom. The number of hydrogen-bond acceptors (Lipinski definition) is 2. The molecule has 3 heteroatoms. The molecule has 1 aliphatic rings. The second-order valence-corrected chi connectivity index (χ2v) is 4.88. The van der Waals surface area contributed by atoms with Crippen LogP contribution in [0.5, 0.6) is 0 Å². The lowest BCUT2D eigenvalue weighted by Crippen LogP contribution is -2.20. The number of aromatic nitrogens is 1. The Bertz CT molecular complexity index is 278. The van der Waals surface area contributed by atoms with E-state index in [0.717, 1.165) is 26.1 Å². The van der Waals surface area contributed by atoms with Gasteiger partial charge in [-0.3, -0.25) is 0 Å². The molecule has 0 spiro atoms. The third kappa shape index (κ3) is 4.92. The summed E-state index contributed by atoms with van der Waals surface area (Å²) in [5.41, 5.74) is 1.32. The van der Waals surface area contributed by atoms with Gasteiger partial charge >= 0.3 is 0 Å². The van der Waals surface area contributed by atoms with Crippen molar-refractivity contribution in [3.8, 4) is 0 Å². The Labute approximate surface area is 104 Å². The van der Waals surface area contributed by atoms with Crippen molar-refractivity contribution in [2.75, 3.05) is 13.2 Å². The molecule has 0 bridgehead atoms. The largest absolute Gasteiger partial charge is 0.378 e. The first kappa shape index (κ1) is 12.7. The van der Waals surface area contributed by atoms with Gasteiger partial charge in [-0.25, -0.2) is 0 Å². The Kier molecular flexibility index (Phi) is 5.59. The molecule has 96 valence electrons. The van der Waals surface area contributed by atoms with Crippen LogP contribution in [0.4, 0.5) is 0 Å². The maximum absolute atomic E-state index is 5.87. The molecule has 0 radical (unpaired) electrons. The summed E-state index contributed by atoms with van der Waals surface area (Å²) in [6, 6.07) is 2.10. The predicted octanol–water partition coefficient (Wildman–Crippen LogP) is 2.84. The van der Waals surface area contributed by atoms with Gasteiger partial charge in [0.25, 0.3) is 0 Å². The molecule has 0 unspecified atom stereocenters. The average Bonchev–Trinajstić information content (AvgIpc) is 2.88. The molecule has 2 rings (SSSR count). The van der Waals surface area contributed by atoms with Gasteiger partial charge in [0.05, 0.1) is 6.10 Å². The van der Waals surface area contributed by atoms with Crippen LogP contribution in [0, 0.1) is 0 Å². The number of ether oxygens (including phenoxy) is 1. The monoisotopic (exact) mass is 236 g/mol. The number of nitrogens with one attached hydrogen (secondary N) is 2. The second-order valence-electron chi connectivity index (χ2n) is 4.88. The summed E-state index contributed by atoms with van der Waals surface area (Å²) in [4.78, 5) is 3.06. The lowest BCUT2D eigenvalue weighted by atomic mass is 9.98. The summed E-state index contributed by atoms with van der Waals surface area (Å²) < 4.78 is 5.87. The van der Waals surface area contributed by atoms with Crippen LogP contribution >= 0.6 is 0 Å². The van der Waals surface area contributed by atoms with Crippen LogP contribution < -0.4 is 5.32 Å². The molecule has 0 atom stereocenters. The van der Waals surface area contributed by atoms with Gasteiger partial charge in [-0.1, -0.05) is 19.3 Å². The molecule has 1 aromatic heterocycles. The third-order valence-corrected chi connectivity index (χ3v) is 3.40. The fourth-order valence-corrected chi connectivity index (χ4v) is 2.38. The molecule has 1 heterocycles. The summed E-state index contributed by atoms with van der Waals surface area (Å²) in [6.45, 7) is 2.90. The third-order valence-electron chi connectivity index (χ3n) is 3.40. The first-order valence-corrected chi connectivity index (χ1v) is 6.89. The van der Waals surface area contributed by atoms with E-state index in [2.05, 4.69) is 16.4 Å². The van der Waals surface area contributed by atoms with Crippen LogP contribution in [0.2, 0.25) is 0 Å². The van der Waals surface area contributed by atoms with E-state index in [9.17, 15) is 0 Å². The van der Waals surface area contributed by atoms with Gasteiger partial charge in [0.2, 0.25) is 0 Å². The molecule has 2 N–H and O–H groups in total. The molecular formula is C14H24N2O. The molecule has 3 nitrogen and oxygen atoms in total. The van der Waals surface area contributed by atoms with Gasteiger partial charge in [0.1, 0.15) is 0 Å². The van der Waals surface area contributed by atoms with E-state index < -0.39 is 0 Å². The minimum Gasteiger partial charge on any atom is -0.378 e. The first-order valence-electron chi connectivity index (χ1n) is 6.89. The molecule has 1 saturated carbocycles. The van der Waals surface area contributed by atoms with Gasteiger partial charge in [-0.2, -0.15) is 0 Å². The molecular weight excluding hydrogens is 212 g/mol. The topological polar surface area (TPSA) is 37.0 Å². The van der Waals surface area contributed by atoms with E-state index in [-0.39, 0.29) is 0 Å². The molecule has 0 aliphatic heterocycles. The number of hydrogen-bond donors (Lipinski definition) is 2. The summed E-state index contributed by atoms with van der Waals surface area (Å²) in [7, 11) is 0. The Morgan fingerprint density at radius 2 is 2.18 bits per heavy atom. The van der Waals surface area contributed by atoms with Crippen LogP contribution in [0.3, 0.4) is 0 Å². The van der Waals surface area contributed by atoms with Gasteiger partial charge in [-0.05, 0) is 37.4 Å². The zero-order valence-electron chi connectivity index (χ0n) is 10.6. The summed E-state index contributed by atoms with van der Waals surface area (Å²) in [5.74, 6) is 0. The first-order chi connectivity index (χ1) is 8.45. The summed E-state index contributed by atoms with van der Waals surface area (Å²) in [6.07, 6.45) is 12.3. The van der Waals surface area contributed by atoms with Gasteiger partial charge in [0.15, 0.2) is 0 Å². The van der Waals surface area contributed by atoms with Crippen molar-refractivity contribution in [3.63, 3.8) is 0 Å². The van der Waals surface area contributed by atoms with E-state index in [0.29, 0.717) is 6.10 Å². The minimum atomic E-state index is 0.549. The fourth-order valence-electron chi connectivity index (χ4n) is 2.38. The van der Waals surface area contributed by atoms with Crippen molar-refractivity contribution in [1.82, 2.24) is 10.3 Å². The molecule has 1 aliphatic carbocycles. The average molecular weight is 236 g/mol. The molecule has 0 amide bonds. The lowest BCUT2D eigenvalue weighted by Gasteiger charge is -2.21. The Balaban J connectivity index is 1.43. The van der Waals surface area contributed by atoms with Crippen molar-refractivity contribution in [2.24, 2.45) is 0 Å². The van der Waals surface area contributed by atoms with Crippen LogP contribution in [0.1, 0.15) is 44.1 Å². The normalized spacial score (nSPS) is 17.4. The van der Waals surface area contributed by atoms with E-state index >= 15 is 0 Å². The van der Waals surface area contributed by atoms with Gasteiger partial charge in [0, 0.05) is 25.5 Å². The van der Waals surface area contributed by atoms with Crippen LogP contribution in [0.25, 0.3) is 0 Å². The maximum atomic E-state index is 5.87. The number of aromatic amines is 1. The fraction of sp³-hybridized carbons (Fsp3) is 0.714. The molecule has 1 fully saturated rings. The van der Waals surface area contributed by atoms with E-state index in [1.807, 2.05) is 12.4 Å². The SMILES string of the molecule is c1cc(CNCCCOC2CCCCC2)c[nH]1. The maximum Gasteiger partial charge on any atom is 0.0575 e. The second kappa shape index (κ2) is 7.51. The van der Waals surface area contributed by atoms with Crippen molar-refractivity contribution in [3.05, 3.63) is 24.0 Å². The van der Waals surface area contributed by atoms with Crippen molar-refractivity contribution in [1.29, 1.82) is 0 Å². The predicted molar refractivity (Wildman–Crippen MR) is 69.9 cm³/mol. The van der Waals surface area contributed by atoms with Crippen molar-refractivity contribution in [2.45, 2.75) is 51.2 Å². The standard InChI is InChI=1S/C14H24N2O/c1-2-5-14(6-3-1)17-10-4-8-15-11-13-7-9-16-12-13/h7,9,12,14-16H,1-6,8,10-11H2. The minimum absolute atomic E-state index is 0.549. The van der Waals surface area contributed by atoms with Crippen LogP contribution in [-0.4, -0.2) is 24.2 Å². The van der Waals surface area contributed by atoms with E-state index in [1.54, 1.807) is 0 Å². The number of rotatable bonds is 7. The van der Waals surface area contributed by atoms with Gasteiger partial charge < -0.3 is 15.0 Å².